The summed E-state index contributed by atoms with van der Waals surface area (Å²) in [7, 11) is 0. The standard InChI is InChI=1S/C11H21N3O/c1-2-13-6-3-4-10(13)9-14-7-5-12-8-11(14)15/h10,12H,2-9H2,1H3. The average molecular weight is 211 g/mol. The Morgan fingerprint density at radius 1 is 1.47 bits per heavy atom. The smallest absolute Gasteiger partial charge is 0.236 e. The van der Waals surface area contributed by atoms with Crippen LogP contribution in [-0.4, -0.2) is 61.0 Å². The van der Waals surface area contributed by atoms with Gasteiger partial charge in [0.15, 0.2) is 0 Å². The van der Waals surface area contributed by atoms with Crippen molar-refractivity contribution in [3.8, 4) is 0 Å². The van der Waals surface area contributed by atoms with Crippen LogP contribution in [0, 0.1) is 0 Å². The van der Waals surface area contributed by atoms with Crippen LogP contribution in [0.4, 0.5) is 0 Å². The maximum Gasteiger partial charge on any atom is 0.236 e. The molecule has 1 atom stereocenters. The molecule has 4 nitrogen and oxygen atoms in total. The number of likely N-dealkylation sites (tertiary alicyclic amines) is 1. The van der Waals surface area contributed by atoms with Crippen molar-refractivity contribution >= 4 is 5.91 Å². The predicted octanol–water partition coefficient (Wildman–Crippen LogP) is -0.0975. The number of carbonyl (C=O) groups is 1. The summed E-state index contributed by atoms with van der Waals surface area (Å²) >= 11 is 0. The summed E-state index contributed by atoms with van der Waals surface area (Å²) in [6, 6.07) is 0.608. The highest BCUT2D eigenvalue weighted by Gasteiger charge is 2.27. The molecule has 1 amide bonds. The molecular weight excluding hydrogens is 190 g/mol. The third-order valence-electron chi connectivity index (χ3n) is 3.52. The average Bonchev–Trinajstić information content (AvgIpc) is 2.69. The van der Waals surface area contributed by atoms with E-state index in [1.807, 2.05) is 4.90 Å². The first-order chi connectivity index (χ1) is 7.31. The van der Waals surface area contributed by atoms with Crippen LogP contribution in [0.1, 0.15) is 19.8 Å². The number of carbonyl (C=O) groups excluding carboxylic acids is 1. The van der Waals surface area contributed by atoms with E-state index in [1.165, 1.54) is 19.4 Å². The molecule has 0 aromatic carbocycles. The second-order valence-electron chi connectivity index (χ2n) is 4.44. The van der Waals surface area contributed by atoms with Crippen LogP contribution in [0.2, 0.25) is 0 Å². The lowest BCUT2D eigenvalue weighted by molar-refractivity contribution is -0.132. The van der Waals surface area contributed by atoms with E-state index in [1.54, 1.807) is 0 Å². The van der Waals surface area contributed by atoms with E-state index in [9.17, 15) is 4.79 Å². The summed E-state index contributed by atoms with van der Waals surface area (Å²) in [4.78, 5) is 16.1. The molecule has 0 bridgehead atoms. The zero-order valence-corrected chi connectivity index (χ0v) is 9.54. The van der Waals surface area contributed by atoms with Crippen molar-refractivity contribution < 1.29 is 4.79 Å². The normalized spacial score (nSPS) is 28.7. The minimum Gasteiger partial charge on any atom is -0.339 e. The van der Waals surface area contributed by atoms with Gasteiger partial charge in [0.2, 0.25) is 5.91 Å². The number of piperazine rings is 1. The molecule has 0 aliphatic carbocycles. The maximum absolute atomic E-state index is 11.6. The van der Waals surface area contributed by atoms with Crippen LogP contribution < -0.4 is 5.32 Å². The second-order valence-corrected chi connectivity index (χ2v) is 4.44. The van der Waals surface area contributed by atoms with E-state index in [0.717, 1.165) is 26.2 Å². The molecule has 0 radical (unpaired) electrons. The van der Waals surface area contributed by atoms with Gasteiger partial charge in [0.1, 0.15) is 0 Å². The SMILES string of the molecule is CCN1CCCC1CN1CCNCC1=O. The van der Waals surface area contributed by atoms with E-state index < -0.39 is 0 Å². The first kappa shape index (κ1) is 10.9. The third kappa shape index (κ3) is 2.49. The molecule has 4 heteroatoms. The lowest BCUT2D eigenvalue weighted by Gasteiger charge is -2.32. The quantitative estimate of drug-likeness (QED) is 0.708. The number of hydrogen-bond donors (Lipinski definition) is 1. The van der Waals surface area contributed by atoms with Crippen molar-refractivity contribution in [3.63, 3.8) is 0 Å². The van der Waals surface area contributed by atoms with Crippen molar-refractivity contribution in [1.29, 1.82) is 0 Å². The highest BCUT2D eigenvalue weighted by atomic mass is 16.2. The summed E-state index contributed by atoms with van der Waals surface area (Å²) < 4.78 is 0. The van der Waals surface area contributed by atoms with Crippen LogP contribution in [0.5, 0.6) is 0 Å². The Morgan fingerprint density at radius 3 is 3.07 bits per heavy atom. The predicted molar refractivity (Wildman–Crippen MR) is 59.7 cm³/mol. The Bertz CT molecular complexity index is 232. The Labute approximate surface area is 91.6 Å². The Kier molecular flexibility index (Phi) is 3.59. The summed E-state index contributed by atoms with van der Waals surface area (Å²) in [5.41, 5.74) is 0. The third-order valence-corrected chi connectivity index (χ3v) is 3.52. The van der Waals surface area contributed by atoms with Gasteiger partial charge in [-0.15, -0.1) is 0 Å². The molecule has 2 aliphatic heterocycles. The van der Waals surface area contributed by atoms with Crippen molar-refractivity contribution in [2.45, 2.75) is 25.8 Å². The van der Waals surface area contributed by atoms with Crippen LogP contribution in [0.15, 0.2) is 0 Å². The van der Waals surface area contributed by atoms with E-state index in [0.29, 0.717) is 12.6 Å². The summed E-state index contributed by atoms with van der Waals surface area (Å²) in [6.45, 7) is 7.83. The van der Waals surface area contributed by atoms with Gasteiger partial charge in [0.05, 0.1) is 6.54 Å². The molecule has 2 saturated heterocycles. The van der Waals surface area contributed by atoms with E-state index in [-0.39, 0.29) is 5.91 Å². The Hall–Kier alpha value is -0.610. The highest BCUT2D eigenvalue weighted by molar-refractivity contribution is 5.79. The van der Waals surface area contributed by atoms with Gasteiger partial charge in [-0.25, -0.2) is 0 Å². The van der Waals surface area contributed by atoms with Gasteiger partial charge in [-0.3, -0.25) is 9.69 Å². The molecule has 0 aromatic heterocycles. The maximum atomic E-state index is 11.6. The summed E-state index contributed by atoms with van der Waals surface area (Å²) in [5, 5.41) is 3.11. The molecule has 0 spiro atoms. The number of nitrogens with zero attached hydrogens (tertiary/aromatic N) is 2. The number of rotatable bonds is 3. The molecule has 1 N–H and O–H groups in total. The molecule has 2 fully saturated rings. The van der Waals surface area contributed by atoms with Crippen molar-refractivity contribution in [3.05, 3.63) is 0 Å². The molecule has 2 aliphatic rings. The van der Waals surface area contributed by atoms with Gasteiger partial charge < -0.3 is 10.2 Å². The zero-order chi connectivity index (χ0) is 10.7. The monoisotopic (exact) mass is 211 g/mol. The molecule has 0 saturated carbocycles. The van der Waals surface area contributed by atoms with Gasteiger partial charge in [-0.05, 0) is 25.9 Å². The highest BCUT2D eigenvalue weighted by Crippen LogP contribution is 2.17. The molecule has 2 heterocycles. The minimum atomic E-state index is 0.268. The Balaban J connectivity index is 1.86. The first-order valence-corrected chi connectivity index (χ1v) is 6.04. The summed E-state index contributed by atoms with van der Waals surface area (Å²) in [6.07, 6.45) is 2.55. The fraction of sp³-hybridized carbons (Fsp3) is 0.909. The number of likely N-dealkylation sites (N-methyl/N-ethyl adjacent to an activating group) is 1. The van der Waals surface area contributed by atoms with Gasteiger partial charge >= 0.3 is 0 Å². The number of hydrogen-bond acceptors (Lipinski definition) is 3. The molecular formula is C11H21N3O. The second kappa shape index (κ2) is 4.94. The molecule has 2 rings (SSSR count). The molecule has 1 unspecified atom stereocenters. The van der Waals surface area contributed by atoms with Crippen molar-refractivity contribution in [2.24, 2.45) is 0 Å². The minimum absolute atomic E-state index is 0.268. The van der Waals surface area contributed by atoms with Crippen molar-refractivity contribution in [1.82, 2.24) is 15.1 Å². The lowest BCUT2D eigenvalue weighted by Crippen LogP contribution is -2.52. The topological polar surface area (TPSA) is 35.6 Å². The lowest BCUT2D eigenvalue weighted by atomic mass is 10.2. The van der Waals surface area contributed by atoms with Crippen LogP contribution in [0.3, 0.4) is 0 Å². The fourth-order valence-corrected chi connectivity index (χ4v) is 2.61. The van der Waals surface area contributed by atoms with E-state index >= 15 is 0 Å². The zero-order valence-electron chi connectivity index (χ0n) is 9.54. The largest absolute Gasteiger partial charge is 0.339 e. The number of nitrogens with one attached hydrogen (secondary N) is 1. The molecule has 0 aromatic rings. The molecule has 86 valence electrons. The molecule has 15 heavy (non-hydrogen) atoms. The van der Waals surface area contributed by atoms with Gasteiger partial charge in [-0.1, -0.05) is 6.92 Å². The van der Waals surface area contributed by atoms with Crippen molar-refractivity contribution in [2.75, 3.05) is 39.3 Å². The van der Waals surface area contributed by atoms with Gasteiger partial charge in [-0.2, -0.15) is 0 Å². The van der Waals surface area contributed by atoms with Gasteiger partial charge in [0, 0.05) is 25.7 Å². The number of amides is 1. The van der Waals surface area contributed by atoms with Gasteiger partial charge in [0.25, 0.3) is 0 Å². The summed E-state index contributed by atoms with van der Waals surface area (Å²) in [5.74, 6) is 0.268. The van der Waals surface area contributed by atoms with E-state index in [4.69, 9.17) is 0 Å². The van der Waals surface area contributed by atoms with Crippen LogP contribution >= 0.6 is 0 Å². The van der Waals surface area contributed by atoms with Crippen LogP contribution in [0.25, 0.3) is 0 Å². The van der Waals surface area contributed by atoms with E-state index in [2.05, 4.69) is 17.1 Å². The fourth-order valence-electron chi connectivity index (χ4n) is 2.61. The Morgan fingerprint density at radius 2 is 2.33 bits per heavy atom. The van der Waals surface area contributed by atoms with Crippen LogP contribution in [-0.2, 0) is 4.79 Å². The first-order valence-electron chi connectivity index (χ1n) is 6.04.